The zero-order valence-corrected chi connectivity index (χ0v) is 15.9. The van der Waals surface area contributed by atoms with Gasteiger partial charge in [0.1, 0.15) is 5.82 Å². The van der Waals surface area contributed by atoms with E-state index in [1.807, 2.05) is 6.20 Å². The van der Waals surface area contributed by atoms with E-state index in [9.17, 15) is 8.42 Å². The summed E-state index contributed by atoms with van der Waals surface area (Å²) in [5, 5.41) is 3.82. The van der Waals surface area contributed by atoms with Crippen molar-refractivity contribution < 1.29 is 8.42 Å². The van der Waals surface area contributed by atoms with Crippen LogP contribution in [0.1, 0.15) is 42.4 Å². The van der Waals surface area contributed by atoms with Gasteiger partial charge in [-0.3, -0.25) is 0 Å². The zero-order valence-electron chi connectivity index (χ0n) is 14.4. The lowest BCUT2D eigenvalue weighted by molar-refractivity contribution is 0.246. The fourth-order valence-electron chi connectivity index (χ4n) is 3.60. The normalized spacial score (nSPS) is 21.3. The van der Waals surface area contributed by atoms with Crippen molar-refractivity contribution >= 4 is 21.6 Å². The highest BCUT2D eigenvalue weighted by atomic mass is 35.5. The minimum atomic E-state index is -3.62. The number of hydrogen-bond acceptors (Lipinski definition) is 5. The van der Waals surface area contributed by atoms with Gasteiger partial charge < -0.3 is 5.32 Å². The summed E-state index contributed by atoms with van der Waals surface area (Å²) in [7, 11) is -3.62. The van der Waals surface area contributed by atoms with Crippen LogP contribution in [0, 0.1) is 0 Å². The first-order valence-electron chi connectivity index (χ1n) is 8.88. The fraction of sp³-hybridized carbons (Fsp3) is 0.444. The molecule has 2 aliphatic rings. The molecule has 0 bridgehead atoms. The Morgan fingerprint density at radius 2 is 2.00 bits per heavy atom. The third kappa shape index (κ3) is 3.36. The van der Waals surface area contributed by atoms with E-state index in [0.29, 0.717) is 17.4 Å². The summed E-state index contributed by atoms with van der Waals surface area (Å²) in [6.45, 7) is 2.14. The summed E-state index contributed by atoms with van der Waals surface area (Å²) in [4.78, 5) is 9.50. The second-order valence-corrected chi connectivity index (χ2v) is 9.04. The molecule has 26 heavy (non-hydrogen) atoms. The standard InChI is InChI=1S/C18H21ClN4O2S/c19-14-4-6-15(7-5-14)26(24,25)23-10-2-1-3-17(23)18-21-12-13-11-20-9-8-16(13)22-18/h4-7,12,17,20H,1-3,8-11H2/t17-/m1/s1. The van der Waals surface area contributed by atoms with Crippen LogP contribution in [-0.4, -0.2) is 35.8 Å². The first-order valence-corrected chi connectivity index (χ1v) is 10.7. The van der Waals surface area contributed by atoms with Crippen LogP contribution < -0.4 is 5.32 Å². The minimum absolute atomic E-state index is 0.260. The number of aromatic nitrogens is 2. The van der Waals surface area contributed by atoms with Crippen LogP contribution in [0.2, 0.25) is 5.02 Å². The molecule has 2 aliphatic heterocycles. The van der Waals surface area contributed by atoms with E-state index in [1.54, 1.807) is 28.6 Å². The predicted octanol–water partition coefficient (Wildman–Crippen LogP) is 2.69. The quantitative estimate of drug-likeness (QED) is 0.869. The van der Waals surface area contributed by atoms with E-state index in [4.69, 9.17) is 16.6 Å². The van der Waals surface area contributed by atoms with Gasteiger partial charge in [-0.2, -0.15) is 4.31 Å². The Kier molecular flexibility index (Phi) is 4.96. The van der Waals surface area contributed by atoms with E-state index in [2.05, 4.69) is 10.3 Å². The average molecular weight is 393 g/mol. The van der Waals surface area contributed by atoms with Crippen LogP contribution in [-0.2, 0) is 23.0 Å². The molecular weight excluding hydrogens is 372 g/mol. The van der Waals surface area contributed by atoms with Gasteiger partial charge in [0.25, 0.3) is 0 Å². The summed E-state index contributed by atoms with van der Waals surface area (Å²) < 4.78 is 27.9. The number of nitrogens with one attached hydrogen (secondary N) is 1. The maximum atomic E-state index is 13.2. The van der Waals surface area contributed by atoms with Crippen LogP contribution in [0.3, 0.4) is 0 Å². The van der Waals surface area contributed by atoms with Crippen molar-refractivity contribution in [3.8, 4) is 0 Å². The number of hydrogen-bond donors (Lipinski definition) is 1. The monoisotopic (exact) mass is 392 g/mol. The molecule has 0 unspecified atom stereocenters. The van der Waals surface area contributed by atoms with Crippen molar-refractivity contribution in [2.24, 2.45) is 0 Å². The lowest BCUT2D eigenvalue weighted by Gasteiger charge is -2.34. The van der Waals surface area contributed by atoms with E-state index >= 15 is 0 Å². The lowest BCUT2D eigenvalue weighted by Crippen LogP contribution is -2.39. The fourth-order valence-corrected chi connectivity index (χ4v) is 5.39. The Hall–Kier alpha value is -1.54. The molecule has 1 saturated heterocycles. The SMILES string of the molecule is O=S(=O)(c1ccc(Cl)cc1)N1CCCC[C@@H]1c1ncc2c(n1)CCNC2. The number of nitrogens with zero attached hydrogens (tertiary/aromatic N) is 3. The highest BCUT2D eigenvalue weighted by molar-refractivity contribution is 7.89. The van der Waals surface area contributed by atoms with Crippen LogP contribution >= 0.6 is 11.6 Å². The molecule has 8 heteroatoms. The Balaban J connectivity index is 1.69. The molecular formula is C18H21ClN4O2S. The number of piperidine rings is 1. The third-order valence-electron chi connectivity index (χ3n) is 5.00. The van der Waals surface area contributed by atoms with Crippen molar-refractivity contribution in [3.05, 3.63) is 52.6 Å². The minimum Gasteiger partial charge on any atom is -0.312 e. The van der Waals surface area contributed by atoms with E-state index in [0.717, 1.165) is 50.0 Å². The van der Waals surface area contributed by atoms with Crippen molar-refractivity contribution in [3.63, 3.8) is 0 Å². The molecule has 1 fully saturated rings. The molecule has 0 spiro atoms. The molecule has 1 aromatic carbocycles. The Morgan fingerprint density at radius 1 is 1.19 bits per heavy atom. The molecule has 1 N–H and O–H groups in total. The smallest absolute Gasteiger partial charge is 0.243 e. The second kappa shape index (κ2) is 7.23. The van der Waals surface area contributed by atoms with Crippen molar-refractivity contribution in [1.29, 1.82) is 0 Å². The topological polar surface area (TPSA) is 75.2 Å². The van der Waals surface area contributed by atoms with E-state index in [1.165, 1.54) is 0 Å². The van der Waals surface area contributed by atoms with Gasteiger partial charge in [-0.05, 0) is 37.1 Å². The van der Waals surface area contributed by atoms with Crippen molar-refractivity contribution in [2.45, 2.75) is 43.2 Å². The van der Waals surface area contributed by atoms with Crippen LogP contribution in [0.15, 0.2) is 35.4 Å². The lowest BCUT2D eigenvalue weighted by atomic mass is 10.0. The van der Waals surface area contributed by atoms with Gasteiger partial charge in [0, 0.05) is 48.5 Å². The van der Waals surface area contributed by atoms with Gasteiger partial charge >= 0.3 is 0 Å². The molecule has 0 aliphatic carbocycles. The summed E-state index contributed by atoms with van der Waals surface area (Å²) in [6, 6.07) is 6.02. The maximum Gasteiger partial charge on any atom is 0.243 e. The Bertz CT molecular complexity index is 902. The molecule has 1 aromatic heterocycles. The summed E-state index contributed by atoms with van der Waals surface area (Å²) in [5.41, 5.74) is 2.13. The molecule has 0 amide bonds. The van der Waals surface area contributed by atoms with Gasteiger partial charge in [0.2, 0.25) is 10.0 Å². The number of fused-ring (bicyclic) bond motifs is 1. The average Bonchev–Trinajstić information content (AvgIpc) is 2.68. The highest BCUT2D eigenvalue weighted by Gasteiger charge is 2.36. The number of halogens is 1. The van der Waals surface area contributed by atoms with Crippen LogP contribution in [0.25, 0.3) is 0 Å². The Morgan fingerprint density at radius 3 is 2.81 bits per heavy atom. The second-order valence-electron chi connectivity index (χ2n) is 6.71. The largest absolute Gasteiger partial charge is 0.312 e. The summed E-state index contributed by atoms with van der Waals surface area (Å²) >= 11 is 5.91. The molecule has 0 saturated carbocycles. The van der Waals surface area contributed by atoms with Gasteiger partial charge in [-0.15, -0.1) is 0 Å². The van der Waals surface area contributed by atoms with Gasteiger partial charge in [-0.1, -0.05) is 18.0 Å². The van der Waals surface area contributed by atoms with Crippen LogP contribution in [0.4, 0.5) is 0 Å². The van der Waals surface area contributed by atoms with Crippen LogP contribution in [0.5, 0.6) is 0 Å². The van der Waals surface area contributed by atoms with Gasteiger partial charge in [0.15, 0.2) is 0 Å². The summed E-state index contributed by atoms with van der Waals surface area (Å²) in [6.07, 6.45) is 5.24. The van der Waals surface area contributed by atoms with Crippen molar-refractivity contribution in [1.82, 2.24) is 19.6 Å². The molecule has 4 rings (SSSR count). The first-order chi connectivity index (χ1) is 12.6. The van der Waals surface area contributed by atoms with Gasteiger partial charge in [-0.25, -0.2) is 18.4 Å². The first kappa shape index (κ1) is 17.9. The molecule has 6 nitrogen and oxygen atoms in total. The number of sulfonamides is 1. The van der Waals surface area contributed by atoms with E-state index in [-0.39, 0.29) is 10.9 Å². The van der Waals surface area contributed by atoms with Crippen molar-refractivity contribution in [2.75, 3.05) is 13.1 Å². The molecule has 0 radical (unpaired) electrons. The predicted molar refractivity (Wildman–Crippen MR) is 99.4 cm³/mol. The number of rotatable bonds is 3. The Labute approximate surface area is 158 Å². The molecule has 3 heterocycles. The number of benzene rings is 1. The third-order valence-corrected chi connectivity index (χ3v) is 7.17. The summed E-state index contributed by atoms with van der Waals surface area (Å²) in [5.74, 6) is 0.614. The molecule has 1 atom stereocenters. The highest BCUT2D eigenvalue weighted by Crippen LogP contribution is 2.34. The van der Waals surface area contributed by atoms with Gasteiger partial charge in [0.05, 0.1) is 10.9 Å². The van der Waals surface area contributed by atoms with E-state index < -0.39 is 10.0 Å². The maximum absolute atomic E-state index is 13.2. The zero-order chi connectivity index (χ0) is 18.1. The molecule has 138 valence electrons. The molecule has 2 aromatic rings.